The van der Waals surface area contributed by atoms with Crippen molar-refractivity contribution in [3.63, 3.8) is 0 Å². The normalized spacial score (nSPS) is 43.8. The van der Waals surface area contributed by atoms with Gasteiger partial charge in [0.25, 0.3) is 0 Å². The molecule has 294 valence electrons. The maximum Gasteiger partial charge on any atom is 0.306 e. The third kappa shape index (κ3) is 6.61. The van der Waals surface area contributed by atoms with E-state index in [1.54, 1.807) is 0 Å². The molecule has 0 aliphatic heterocycles. The zero-order chi connectivity index (χ0) is 38.2. The zero-order valence-corrected chi connectivity index (χ0v) is 34.7. The van der Waals surface area contributed by atoms with Crippen molar-refractivity contribution < 1.29 is 24.2 Å². The highest BCUT2D eigenvalue weighted by molar-refractivity contribution is 5.77. The first-order valence-corrected chi connectivity index (χ1v) is 21.1. The Morgan fingerprint density at radius 1 is 0.846 bits per heavy atom. The fourth-order valence-corrected chi connectivity index (χ4v) is 15.0. The van der Waals surface area contributed by atoms with Gasteiger partial charge in [0.2, 0.25) is 5.91 Å². The molecule has 6 rings (SSSR count). The van der Waals surface area contributed by atoms with E-state index >= 15 is 0 Å². The van der Waals surface area contributed by atoms with Crippen LogP contribution in [0, 0.1) is 62.1 Å². The number of carboxylic acids is 1. The van der Waals surface area contributed by atoms with E-state index in [1.807, 2.05) is 13.8 Å². The van der Waals surface area contributed by atoms with Crippen LogP contribution in [-0.2, 0) is 19.1 Å². The Hall–Kier alpha value is -1.89. The number of hydrogen-bond donors (Lipinski definition) is 2. The van der Waals surface area contributed by atoms with Crippen molar-refractivity contribution in [1.29, 1.82) is 0 Å². The lowest BCUT2D eigenvalue weighted by molar-refractivity contribution is -0.250. The molecule has 0 aromatic rings. The largest absolute Gasteiger partial charge is 0.481 e. The van der Waals surface area contributed by atoms with Gasteiger partial charge in [0.15, 0.2) is 0 Å². The van der Waals surface area contributed by atoms with Crippen LogP contribution in [0.5, 0.6) is 0 Å². The van der Waals surface area contributed by atoms with E-state index in [0.29, 0.717) is 54.0 Å². The number of nitrogens with zero attached hydrogens (tertiary/aromatic N) is 1. The average Bonchev–Trinajstić information content (AvgIpc) is 3.63. The Bertz CT molecular complexity index is 1420. The summed E-state index contributed by atoms with van der Waals surface area (Å²) >= 11 is 0. The molecule has 0 aromatic carbocycles. The topological polar surface area (TPSA) is 95.9 Å². The van der Waals surface area contributed by atoms with E-state index in [4.69, 9.17) is 4.74 Å². The van der Waals surface area contributed by atoms with Crippen molar-refractivity contribution in [3.05, 3.63) is 12.2 Å². The van der Waals surface area contributed by atoms with Crippen molar-refractivity contribution in [1.82, 2.24) is 10.2 Å². The second-order valence-electron chi connectivity index (χ2n) is 21.7. The van der Waals surface area contributed by atoms with Crippen molar-refractivity contribution >= 4 is 17.8 Å². The first-order valence-electron chi connectivity index (χ1n) is 21.1. The van der Waals surface area contributed by atoms with Gasteiger partial charge in [-0.3, -0.25) is 14.4 Å². The zero-order valence-electron chi connectivity index (χ0n) is 34.7. The minimum Gasteiger partial charge on any atom is -0.481 e. The third-order valence-electron chi connectivity index (χ3n) is 17.7. The number of fused-ring (bicyclic) bond motifs is 7. The summed E-state index contributed by atoms with van der Waals surface area (Å²) in [5, 5.41) is 12.9. The monoisotopic (exact) mass is 723 g/mol. The number of nitrogens with one attached hydrogen (secondary N) is 1. The van der Waals surface area contributed by atoms with Crippen molar-refractivity contribution in [3.8, 4) is 0 Å². The summed E-state index contributed by atoms with van der Waals surface area (Å²) < 4.78 is 6.29. The summed E-state index contributed by atoms with van der Waals surface area (Å²) in [6.07, 6.45) is 15.4. The number of carboxylic acid groups (broad SMARTS) is 1. The Kier molecular flexibility index (Phi) is 10.5. The van der Waals surface area contributed by atoms with E-state index in [2.05, 4.69) is 72.4 Å². The fourth-order valence-electron chi connectivity index (χ4n) is 15.0. The minimum absolute atomic E-state index is 0.0446. The number of carbonyl (C=O) groups excluding carboxylic acids is 2. The molecule has 6 fully saturated rings. The molecule has 0 saturated heterocycles. The molecule has 1 amide bonds. The van der Waals surface area contributed by atoms with Gasteiger partial charge in [-0.2, -0.15) is 0 Å². The molecular formula is C45H74N2O5. The molecule has 12 atom stereocenters. The summed E-state index contributed by atoms with van der Waals surface area (Å²) in [5.74, 6) is 1.84. The van der Waals surface area contributed by atoms with Crippen LogP contribution in [0.25, 0.3) is 0 Å². The lowest BCUT2D eigenvalue weighted by Gasteiger charge is -2.73. The molecule has 0 aromatic heterocycles. The average molecular weight is 723 g/mol. The minimum atomic E-state index is -0.879. The number of esters is 1. The van der Waals surface area contributed by atoms with Crippen LogP contribution in [0.15, 0.2) is 12.2 Å². The lowest BCUT2D eigenvalue weighted by Crippen LogP contribution is -2.67. The highest BCUT2D eigenvalue weighted by Gasteiger charge is 2.71. The predicted octanol–water partition coefficient (Wildman–Crippen LogP) is 9.44. The molecule has 2 N–H and O–H groups in total. The van der Waals surface area contributed by atoms with Crippen molar-refractivity contribution in [2.45, 2.75) is 176 Å². The number of ether oxygens (including phenoxy) is 1. The van der Waals surface area contributed by atoms with E-state index in [-0.39, 0.29) is 52.0 Å². The van der Waals surface area contributed by atoms with Gasteiger partial charge >= 0.3 is 11.9 Å². The van der Waals surface area contributed by atoms with Gasteiger partial charge in [-0.15, -0.1) is 0 Å². The molecule has 0 radical (unpaired) electrons. The smallest absolute Gasteiger partial charge is 0.306 e. The van der Waals surface area contributed by atoms with Gasteiger partial charge in [-0.25, -0.2) is 0 Å². The van der Waals surface area contributed by atoms with Crippen molar-refractivity contribution in [2.75, 3.05) is 14.1 Å². The maximum absolute atomic E-state index is 14.0. The number of aliphatic carboxylic acids is 1. The molecule has 0 heterocycles. The van der Waals surface area contributed by atoms with E-state index in [0.717, 1.165) is 44.9 Å². The fraction of sp³-hybridized carbons (Fsp3) is 0.889. The molecule has 0 unspecified atom stereocenters. The summed E-state index contributed by atoms with van der Waals surface area (Å²) in [6, 6.07) is 0.871. The highest BCUT2D eigenvalue weighted by atomic mass is 16.5. The van der Waals surface area contributed by atoms with Crippen LogP contribution in [0.4, 0.5) is 0 Å². The second-order valence-corrected chi connectivity index (χ2v) is 21.7. The molecule has 6 aliphatic rings. The van der Waals surface area contributed by atoms with E-state index in [9.17, 15) is 19.5 Å². The number of rotatable bonds is 10. The summed E-state index contributed by atoms with van der Waals surface area (Å²) in [6.45, 7) is 23.1. The molecule has 0 spiro atoms. The number of allylic oxidation sites excluding steroid dienone is 1. The first kappa shape index (κ1) is 39.8. The second kappa shape index (κ2) is 13.7. The Morgan fingerprint density at radius 3 is 2.19 bits per heavy atom. The van der Waals surface area contributed by atoms with Crippen LogP contribution in [0.3, 0.4) is 0 Å². The van der Waals surface area contributed by atoms with Crippen LogP contribution >= 0.6 is 0 Å². The van der Waals surface area contributed by atoms with Gasteiger partial charge in [0, 0.05) is 23.9 Å². The summed E-state index contributed by atoms with van der Waals surface area (Å²) in [7, 11) is 4.32. The lowest BCUT2D eigenvalue weighted by atomic mass is 9.32. The van der Waals surface area contributed by atoms with Crippen LogP contribution < -0.4 is 5.32 Å². The Morgan fingerprint density at radius 2 is 1.56 bits per heavy atom. The Balaban J connectivity index is 1.20. The standard InChI is InChI=1S/C45H74N2O5/c1-28(2)31-16-21-45(25-36(48)46-29-12-13-30(24-29)47(10)11)23-22-43(8)32(39(31)45)14-15-34-42(7)19-18-35(41(5,6)33(42)17-20-44(34,43)9)52-38(51)27-40(3,4)26-37(49)50/h29-35,39H,1,12-27H2,2-11H3,(H,46,48)(H,49,50)/t29-,30-,31+,32-,33+,34-,35+,39-,42+,43-,44-,45-/m1/s1. The van der Waals surface area contributed by atoms with Crippen LogP contribution in [0.2, 0.25) is 0 Å². The predicted molar refractivity (Wildman–Crippen MR) is 207 cm³/mol. The number of amides is 1. The molecule has 6 aliphatic carbocycles. The molecular weight excluding hydrogens is 649 g/mol. The molecule has 6 saturated carbocycles. The summed E-state index contributed by atoms with van der Waals surface area (Å²) in [5.41, 5.74) is 1.20. The van der Waals surface area contributed by atoms with Crippen LogP contribution in [-0.4, -0.2) is 60.1 Å². The number of carbonyl (C=O) groups is 3. The van der Waals surface area contributed by atoms with E-state index < -0.39 is 11.4 Å². The quantitative estimate of drug-likeness (QED) is 0.172. The molecule has 7 nitrogen and oxygen atoms in total. The van der Waals surface area contributed by atoms with Crippen LogP contribution in [0.1, 0.15) is 158 Å². The summed E-state index contributed by atoms with van der Waals surface area (Å²) in [4.78, 5) is 40.9. The highest BCUT2D eigenvalue weighted by Crippen LogP contribution is 2.78. The van der Waals surface area contributed by atoms with Crippen molar-refractivity contribution in [2.24, 2.45) is 62.1 Å². The van der Waals surface area contributed by atoms with Gasteiger partial charge in [0.1, 0.15) is 6.10 Å². The SMILES string of the molecule is C=C(C)[C@@H]1CC[C@]2(CC(=O)N[C@@H]3CC[C@@H](N(C)C)C3)CC[C@]3(C)[C@H](CC[C@@H]4[C@@]5(C)CC[C@H](OC(=O)CC(C)(C)CC(=O)O)C(C)(C)[C@@H]5CC[C@]43C)[C@@H]12. The Labute approximate surface area is 316 Å². The van der Waals surface area contributed by atoms with Gasteiger partial charge in [0.05, 0.1) is 12.8 Å². The maximum atomic E-state index is 14.0. The van der Waals surface area contributed by atoms with Gasteiger partial charge < -0.3 is 20.1 Å². The molecule has 7 heteroatoms. The molecule has 0 bridgehead atoms. The van der Waals surface area contributed by atoms with Gasteiger partial charge in [-0.1, -0.05) is 60.6 Å². The number of hydrogen-bond acceptors (Lipinski definition) is 5. The van der Waals surface area contributed by atoms with E-state index in [1.165, 1.54) is 44.1 Å². The first-order chi connectivity index (χ1) is 24.1. The third-order valence-corrected chi connectivity index (χ3v) is 17.7. The van der Waals surface area contributed by atoms with Gasteiger partial charge in [-0.05, 0) is 161 Å². The molecule has 52 heavy (non-hydrogen) atoms.